The average Bonchev–Trinajstić information content (AvgIpc) is 2.72. The molecule has 3 nitrogen and oxygen atoms in total. The zero-order chi connectivity index (χ0) is 11.2. The summed E-state index contributed by atoms with van der Waals surface area (Å²) in [6.45, 7) is 2.18. The van der Waals surface area contributed by atoms with Crippen molar-refractivity contribution in [3.63, 3.8) is 0 Å². The van der Waals surface area contributed by atoms with Crippen molar-refractivity contribution in [1.29, 1.82) is 0 Å². The molecular weight excluding hydrogens is 202 g/mol. The van der Waals surface area contributed by atoms with Gasteiger partial charge in [-0.3, -0.25) is 0 Å². The lowest BCUT2D eigenvalue weighted by atomic mass is 10.1. The molecule has 1 aromatic rings. The van der Waals surface area contributed by atoms with E-state index in [0.717, 1.165) is 19.4 Å². The Bertz CT molecular complexity index is 302. The third-order valence-corrected chi connectivity index (χ3v) is 2.92. The molecule has 2 atom stereocenters. The van der Waals surface area contributed by atoms with Crippen LogP contribution in [-0.2, 0) is 16.1 Å². The largest absolute Gasteiger partial charge is 0.377 e. The fourth-order valence-corrected chi connectivity index (χ4v) is 1.93. The molecule has 0 spiro atoms. The Morgan fingerprint density at radius 2 is 2.12 bits per heavy atom. The van der Waals surface area contributed by atoms with E-state index < -0.39 is 0 Å². The molecule has 0 radical (unpaired) electrons. The summed E-state index contributed by atoms with van der Waals surface area (Å²) >= 11 is 0. The van der Waals surface area contributed by atoms with Crippen LogP contribution in [0.15, 0.2) is 30.3 Å². The maximum absolute atomic E-state index is 5.89. The van der Waals surface area contributed by atoms with Crippen LogP contribution in [0, 0.1) is 0 Å². The predicted octanol–water partition coefficient (Wildman–Crippen LogP) is 1.71. The van der Waals surface area contributed by atoms with Crippen molar-refractivity contribution < 1.29 is 9.47 Å². The van der Waals surface area contributed by atoms with Crippen LogP contribution in [-0.4, -0.2) is 25.4 Å². The molecule has 88 valence electrons. The number of benzene rings is 1. The topological polar surface area (TPSA) is 44.5 Å². The third kappa shape index (κ3) is 3.30. The lowest BCUT2D eigenvalue weighted by Gasteiger charge is -2.14. The second kappa shape index (κ2) is 5.99. The van der Waals surface area contributed by atoms with E-state index in [2.05, 4.69) is 12.1 Å². The monoisotopic (exact) mass is 221 g/mol. The van der Waals surface area contributed by atoms with Crippen LogP contribution >= 0.6 is 0 Å². The molecule has 1 fully saturated rings. The van der Waals surface area contributed by atoms with Crippen molar-refractivity contribution >= 4 is 0 Å². The van der Waals surface area contributed by atoms with Crippen molar-refractivity contribution in [2.75, 3.05) is 13.2 Å². The van der Waals surface area contributed by atoms with Crippen LogP contribution in [0.2, 0.25) is 0 Å². The van der Waals surface area contributed by atoms with Crippen LogP contribution < -0.4 is 5.73 Å². The number of hydrogen-bond acceptors (Lipinski definition) is 3. The molecule has 2 N–H and O–H groups in total. The number of rotatable bonds is 5. The highest BCUT2D eigenvalue weighted by molar-refractivity contribution is 5.13. The smallest absolute Gasteiger partial charge is 0.0748 e. The molecule has 1 saturated heterocycles. The van der Waals surface area contributed by atoms with Gasteiger partial charge in [0.15, 0.2) is 0 Å². The van der Waals surface area contributed by atoms with Gasteiger partial charge in [-0.1, -0.05) is 30.3 Å². The van der Waals surface area contributed by atoms with Gasteiger partial charge in [0.2, 0.25) is 0 Å². The van der Waals surface area contributed by atoms with Crippen LogP contribution in [0.3, 0.4) is 0 Å². The van der Waals surface area contributed by atoms with E-state index in [-0.39, 0.29) is 12.1 Å². The molecule has 0 aliphatic carbocycles. The number of ether oxygens (including phenoxy) is 2. The standard InChI is InChI=1S/C13H19NO2/c14-12-6-9-16-13(12)7-8-15-10-11-4-2-1-3-5-11/h1-5,12-13H,6-10,14H2/t12-,13-/m0/s1. The normalized spacial score (nSPS) is 24.8. The lowest BCUT2D eigenvalue weighted by Crippen LogP contribution is -2.30. The highest BCUT2D eigenvalue weighted by atomic mass is 16.5. The van der Waals surface area contributed by atoms with Gasteiger partial charge in [0.25, 0.3) is 0 Å². The third-order valence-electron chi connectivity index (χ3n) is 2.92. The maximum atomic E-state index is 5.89. The molecule has 1 aliphatic heterocycles. The van der Waals surface area contributed by atoms with E-state index >= 15 is 0 Å². The molecule has 0 bridgehead atoms. The van der Waals surface area contributed by atoms with E-state index in [1.54, 1.807) is 0 Å². The van der Waals surface area contributed by atoms with E-state index in [1.165, 1.54) is 5.56 Å². The summed E-state index contributed by atoms with van der Waals surface area (Å²) < 4.78 is 11.1. The Morgan fingerprint density at radius 3 is 2.81 bits per heavy atom. The molecule has 3 heteroatoms. The maximum Gasteiger partial charge on any atom is 0.0748 e. The SMILES string of the molecule is N[C@H]1CCO[C@H]1CCOCc1ccccc1. The molecule has 2 rings (SSSR count). The summed E-state index contributed by atoms with van der Waals surface area (Å²) in [5.41, 5.74) is 7.10. The van der Waals surface area contributed by atoms with Gasteiger partial charge in [-0.05, 0) is 18.4 Å². The van der Waals surface area contributed by atoms with Gasteiger partial charge in [0, 0.05) is 19.3 Å². The molecule has 0 saturated carbocycles. The molecular formula is C13H19NO2. The summed E-state index contributed by atoms with van der Waals surface area (Å²) in [4.78, 5) is 0. The summed E-state index contributed by atoms with van der Waals surface area (Å²) in [6, 6.07) is 10.4. The van der Waals surface area contributed by atoms with Crippen molar-refractivity contribution in [3.8, 4) is 0 Å². The molecule has 0 aromatic heterocycles. The minimum absolute atomic E-state index is 0.191. The lowest BCUT2D eigenvalue weighted by molar-refractivity contribution is 0.0493. The minimum Gasteiger partial charge on any atom is -0.377 e. The highest BCUT2D eigenvalue weighted by Crippen LogP contribution is 2.14. The first-order valence-electron chi connectivity index (χ1n) is 5.85. The summed E-state index contributed by atoms with van der Waals surface area (Å²) in [5, 5.41) is 0. The van der Waals surface area contributed by atoms with Crippen LogP contribution in [0.25, 0.3) is 0 Å². The zero-order valence-electron chi connectivity index (χ0n) is 9.47. The minimum atomic E-state index is 0.191. The number of nitrogens with two attached hydrogens (primary N) is 1. The second-order valence-electron chi connectivity index (χ2n) is 4.19. The zero-order valence-corrected chi connectivity index (χ0v) is 9.47. The first-order valence-corrected chi connectivity index (χ1v) is 5.85. The summed E-state index contributed by atoms with van der Waals surface area (Å²) in [5.74, 6) is 0. The Hall–Kier alpha value is -0.900. The van der Waals surface area contributed by atoms with Crippen molar-refractivity contribution in [2.24, 2.45) is 5.73 Å². The summed E-state index contributed by atoms with van der Waals surface area (Å²) in [7, 11) is 0. The van der Waals surface area contributed by atoms with Gasteiger partial charge in [-0.25, -0.2) is 0 Å². The van der Waals surface area contributed by atoms with Crippen molar-refractivity contribution in [2.45, 2.75) is 31.6 Å². The summed E-state index contributed by atoms with van der Waals surface area (Å²) in [6.07, 6.45) is 2.06. The molecule has 0 amide bonds. The Morgan fingerprint density at radius 1 is 1.31 bits per heavy atom. The number of hydrogen-bond donors (Lipinski definition) is 1. The van der Waals surface area contributed by atoms with E-state index in [1.807, 2.05) is 18.2 Å². The quantitative estimate of drug-likeness (QED) is 0.770. The van der Waals surface area contributed by atoms with Crippen LogP contribution in [0.4, 0.5) is 0 Å². The van der Waals surface area contributed by atoms with Crippen molar-refractivity contribution in [3.05, 3.63) is 35.9 Å². The predicted molar refractivity (Wildman–Crippen MR) is 63.0 cm³/mol. The van der Waals surface area contributed by atoms with Gasteiger partial charge < -0.3 is 15.2 Å². The Balaban J connectivity index is 1.62. The Kier molecular flexibility index (Phi) is 4.34. The van der Waals surface area contributed by atoms with Gasteiger partial charge in [0.05, 0.1) is 12.7 Å². The average molecular weight is 221 g/mol. The molecule has 1 heterocycles. The van der Waals surface area contributed by atoms with Crippen LogP contribution in [0.5, 0.6) is 0 Å². The first-order chi connectivity index (χ1) is 7.86. The molecule has 0 unspecified atom stereocenters. The fourth-order valence-electron chi connectivity index (χ4n) is 1.93. The van der Waals surface area contributed by atoms with Crippen molar-refractivity contribution in [1.82, 2.24) is 0 Å². The van der Waals surface area contributed by atoms with Gasteiger partial charge in [0.1, 0.15) is 0 Å². The molecule has 16 heavy (non-hydrogen) atoms. The van der Waals surface area contributed by atoms with Gasteiger partial charge >= 0.3 is 0 Å². The molecule has 1 aliphatic rings. The van der Waals surface area contributed by atoms with E-state index in [0.29, 0.717) is 13.2 Å². The van der Waals surface area contributed by atoms with Crippen LogP contribution in [0.1, 0.15) is 18.4 Å². The second-order valence-corrected chi connectivity index (χ2v) is 4.19. The van der Waals surface area contributed by atoms with Gasteiger partial charge in [-0.15, -0.1) is 0 Å². The van der Waals surface area contributed by atoms with E-state index in [9.17, 15) is 0 Å². The first kappa shape index (κ1) is 11.6. The van der Waals surface area contributed by atoms with Gasteiger partial charge in [-0.2, -0.15) is 0 Å². The fraction of sp³-hybridized carbons (Fsp3) is 0.538. The van der Waals surface area contributed by atoms with E-state index in [4.69, 9.17) is 15.2 Å². The molecule has 1 aromatic carbocycles. The highest BCUT2D eigenvalue weighted by Gasteiger charge is 2.23. The Labute approximate surface area is 96.5 Å².